The zero-order valence-electron chi connectivity index (χ0n) is 11.4. The van der Waals surface area contributed by atoms with E-state index in [0.29, 0.717) is 16.3 Å². The van der Waals surface area contributed by atoms with Gasteiger partial charge in [0.2, 0.25) is 0 Å². The van der Waals surface area contributed by atoms with Gasteiger partial charge in [0.15, 0.2) is 5.78 Å². The number of halogens is 2. The van der Waals surface area contributed by atoms with Crippen molar-refractivity contribution in [3.8, 4) is 0 Å². The second-order valence-corrected chi connectivity index (χ2v) is 5.42. The Morgan fingerprint density at radius 2 is 1.73 bits per heavy atom. The summed E-state index contributed by atoms with van der Waals surface area (Å²) in [6.07, 6.45) is -0.192. The fourth-order valence-electron chi connectivity index (χ4n) is 1.93. The molecule has 0 aliphatic carbocycles. The number of Topliss-reactive ketones (excluding diaryl/α,β-unsaturated/α-hetero) is 1. The number of nitrogens with one attached hydrogen (secondary N) is 1. The van der Waals surface area contributed by atoms with E-state index in [-0.39, 0.29) is 17.2 Å². The topological polar surface area (TPSA) is 66.4 Å². The molecule has 0 aromatic heterocycles. The number of aliphatic carboxylic acids is 1. The number of carboxylic acids is 1. The molecular weight excluding hydrogens is 325 g/mol. The van der Waals surface area contributed by atoms with Crippen LogP contribution in [0.4, 0.5) is 5.69 Å². The Morgan fingerprint density at radius 1 is 1.05 bits per heavy atom. The molecular formula is C16H13Cl2NO3. The Balaban J connectivity index is 2.16. The van der Waals surface area contributed by atoms with Crippen LogP contribution >= 0.6 is 23.2 Å². The largest absolute Gasteiger partial charge is 0.480 e. The van der Waals surface area contributed by atoms with Crippen molar-refractivity contribution in [1.82, 2.24) is 0 Å². The zero-order valence-corrected chi connectivity index (χ0v) is 12.9. The molecule has 2 rings (SSSR count). The highest BCUT2D eigenvalue weighted by Crippen LogP contribution is 2.30. The molecule has 114 valence electrons. The van der Waals surface area contributed by atoms with Crippen molar-refractivity contribution in [3.05, 3.63) is 64.1 Å². The normalized spacial score (nSPS) is 11.7. The molecule has 0 bridgehead atoms. The van der Waals surface area contributed by atoms with E-state index in [1.165, 1.54) is 0 Å². The highest BCUT2D eigenvalue weighted by molar-refractivity contribution is 6.43. The molecule has 0 aliphatic rings. The van der Waals surface area contributed by atoms with Crippen molar-refractivity contribution in [1.29, 1.82) is 0 Å². The van der Waals surface area contributed by atoms with Crippen LogP contribution in [-0.2, 0) is 4.79 Å². The van der Waals surface area contributed by atoms with Crippen molar-refractivity contribution in [2.75, 3.05) is 5.32 Å². The first kappa shape index (κ1) is 16.3. The van der Waals surface area contributed by atoms with E-state index >= 15 is 0 Å². The van der Waals surface area contributed by atoms with Gasteiger partial charge in [0, 0.05) is 12.0 Å². The van der Waals surface area contributed by atoms with E-state index in [1.807, 2.05) is 0 Å². The quantitative estimate of drug-likeness (QED) is 0.777. The predicted octanol–water partition coefficient (Wildman–Crippen LogP) is 4.13. The minimum Gasteiger partial charge on any atom is -0.480 e. The Morgan fingerprint density at radius 3 is 2.36 bits per heavy atom. The van der Waals surface area contributed by atoms with Gasteiger partial charge in [0.05, 0.1) is 15.7 Å². The van der Waals surface area contributed by atoms with Gasteiger partial charge in [-0.1, -0.05) is 59.6 Å². The van der Waals surface area contributed by atoms with Crippen LogP contribution in [0.2, 0.25) is 10.0 Å². The smallest absolute Gasteiger partial charge is 0.326 e. The van der Waals surface area contributed by atoms with Gasteiger partial charge in [-0.2, -0.15) is 0 Å². The van der Waals surface area contributed by atoms with Crippen molar-refractivity contribution >= 4 is 40.6 Å². The Labute approximate surface area is 137 Å². The first-order chi connectivity index (χ1) is 10.5. The van der Waals surface area contributed by atoms with Crippen LogP contribution in [0.15, 0.2) is 48.5 Å². The molecule has 0 fully saturated rings. The van der Waals surface area contributed by atoms with Gasteiger partial charge in [-0.3, -0.25) is 4.79 Å². The van der Waals surface area contributed by atoms with Crippen molar-refractivity contribution in [2.24, 2.45) is 0 Å². The molecule has 4 nitrogen and oxygen atoms in total. The molecule has 0 heterocycles. The van der Waals surface area contributed by atoms with Gasteiger partial charge >= 0.3 is 5.97 Å². The summed E-state index contributed by atoms with van der Waals surface area (Å²) in [6.45, 7) is 0. The highest BCUT2D eigenvalue weighted by atomic mass is 35.5. The van der Waals surface area contributed by atoms with Gasteiger partial charge in [-0.15, -0.1) is 0 Å². The molecule has 0 saturated carbocycles. The Kier molecular flexibility index (Phi) is 5.41. The first-order valence-corrected chi connectivity index (χ1v) is 7.26. The number of hydrogen-bond donors (Lipinski definition) is 2. The van der Waals surface area contributed by atoms with E-state index in [2.05, 4.69) is 5.32 Å². The predicted molar refractivity (Wildman–Crippen MR) is 86.9 cm³/mol. The first-order valence-electron chi connectivity index (χ1n) is 6.50. The molecule has 0 saturated heterocycles. The third kappa shape index (κ3) is 4.00. The van der Waals surface area contributed by atoms with Crippen LogP contribution in [-0.4, -0.2) is 22.9 Å². The standard InChI is InChI=1S/C16H13Cl2NO3/c17-11-7-4-8-12(15(11)18)19-13(16(21)22)9-14(20)10-5-2-1-3-6-10/h1-8,13,19H,9H2,(H,21,22)/t13-/m0/s1. The van der Waals surface area contributed by atoms with Crippen LogP contribution in [0, 0.1) is 0 Å². The third-order valence-corrected chi connectivity index (χ3v) is 3.88. The van der Waals surface area contributed by atoms with Gasteiger partial charge in [0.1, 0.15) is 6.04 Å². The lowest BCUT2D eigenvalue weighted by Crippen LogP contribution is -2.32. The van der Waals surface area contributed by atoms with Crippen molar-refractivity contribution in [2.45, 2.75) is 12.5 Å². The maximum Gasteiger partial charge on any atom is 0.326 e. The molecule has 2 N–H and O–H groups in total. The SMILES string of the molecule is O=C(C[C@H](Nc1cccc(Cl)c1Cl)C(=O)O)c1ccccc1. The molecule has 0 amide bonds. The molecule has 1 atom stereocenters. The van der Waals surface area contributed by atoms with Crippen LogP contribution in [0.3, 0.4) is 0 Å². The summed E-state index contributed by atoms with van der Waals surface area (Å²) in [7, 11) is 0. The van der Waals surface area contributed by atoms with Crippen LogP contribution in [0.25, 0.3) is 0 Å². The summed E-state index contributed by atoms with van der Waals surface area (Å²) >= 11 is 11.9. The van der Waals surface area contributed by atoms with Gasteiger partial charge in [-0.25, -0.2) is 4.79 Å². The monoisotopic (exact) mass is 337 g/mol. The summed E-state index contributed by atoms with van der Waals surface area (Å²) in [5.41, 5.74) is 0.843. The van der Waals surface area contributed by atoms with E-state index < -0.39 is 12.0 Å². The number of carboxylic acid groups (broad SMARTS) is 1. The molecule has 2 aromatic carbocycles. The number of ketones is 1. The third-order valence-electron chi connectivity index (χ3n) is 3.06. The molecule has 22 heavy (non-hydrogen) atoms. The molecule has 2 aromatic rings. The molecule has 0 spiro atoms. The number of benzene rings is 2. The lowest BCUT2D eigenvalue weighted by Gasteiger charge is -2.16. The number of carbonyl (C=O) groups is 2. The fraction of sp³-hybridized carbons (Fsp3) is 0.125. The second kappa shape index (κ2) is 7.29. The fourth-order valence-corrected chi connectivity index (χ4v) is 2.29. The molecule has 0 unspecified atom stereocenters. The van der Waals surface area contributed by atoms with E-state index in [9.17, 15) is 14.7 Å². The lowest BCUT2D eigenvalue weighted by molar-refractivity contribution is -0.137. The number of rotatable bonds is 6. The number of carbonyl (C=O) groups excluding carboxylic acids is 1. The summed E-state index contributed by atoms with van der Waals surface area (Å²) in [4.78, 5) is 23.5. The molecule has 0 radical (unpaired) electrons. The summed E-state index contributed by atoms with van der Waals surface area (Å²) in [5, 5.41) is 12.6. The van der Waals surface area contributed by atoms with E-state index in [1.54, 1.807) is 48.5 Å². The highest BCUT2D eigenvalue weighted by Gasteiger charge is 2.23. The van der Waals surface area contributed by atoms with E-state index in [0.717, 1.165) is 0 Å². The van der Waals surface area contributed by atoms with Gasteiger partial charge in [0.25, 0.3) is 0 Å². The Hall–Kier alpha value is -2.04. The average Bonchev–Trinajstić information content (AvgIpc) is 2.51. The van der Waals surface area contributed by atoms with Crippen molar-refractivity contribution in [3.63, 3.8) is 0 Å². The number of hydrogen-bond acceptors (Lipinski definition) is 3. The van der Waals surface area contributed by atoms with Crippen LogP contribution < -0.4 is 5.32 Å². The molecule has 0 aliphatic heterocycles. The van der Waals surface area contributed by atoms with E-state index in [4.69, 9.17) is 23.2 Å². The average molecular weight is 338 g/mol. The minimum absolute atomic E-state index is 0.192. The van der Waals surface area contributed by atoms with Crippen molar-refractivity contribution < 1.29 is 14.7 Å². The molecule has 6 heteroatoms. The summed E-state index contributed by atoms with van der Waals surface area (Å²) < 4.78 is 0. The van der Waals surface area contributed by atoms with Gasteiger partial charge in [-0.05, 0) is 12.1 Å². The maximum atomic E-state index is 12.1. The number of anilines is 1. The minimum atomic E-state index is -1.14. The van der Waals surface area contributed by atoms with Crippen LogP contribution in [0.5, 0.6) is 0 Å². The van der Waals surface area contributed by atoms with Crippen LogP contribution in [0.1, 0.15) is 16.8 Å². The second-order valence-electron chi connectivity index (χ2n) is 4.63. The zero-order chi connectivity index (χ0) is 16.1. The lowest BCUT2D eigenvalue weighted by atomic mass is 10.0. The Bertz CT molecular complexity index is 689. The summed E-state index contributed by atoms with van der Waals surface area (Å²) in [6, 6.07) is 12.3. The van der Waals surface area contributed by atoms with Gasteiger partial charge < -0.3 is 10.4 Å². The summed E-state index contributed by atoms with van der Waals surface area (Å²) in [5.74, 6) is -1.40. The maximum absolute atomic E-state index is 12.1.